The quantitative estimate of drug-likeness (QED) is 0.643. The average molecular weight is 188 g/mol. The van der Waals surface area contributed by atoms with Gasteiger partial charge in [0.15, 0.2) is 0 Å². The number of benzene rings is 1. The molecule has 2 heteroatoms. The van der Waals surface area contributed by atoms with Crippen LogP contribution in [0, 0.1) is 0 Å². The second-order valence-corrected chi connectivity index (χ2v) is 4.48. The average Bonchev–Trinajstić information content (AvgIpc) is 2.65. The van der Waals surface area contributed by atoms with E-state index in [1.54, 1.807) is 0 Å². The summed E-state index contributed by atoms with van der Waals surface area (Å²) < 4.78 is 0. The van der Waals surface area contributed by atoms with E-state index < -0.39 is 0 Å². The Hall–Kier alpha value is -0.860. The van der Waals surface area contributed by atoms with Gasteiger partial charge >= 0.3 is 0 Å². The van der Waals surface area contributed by atoms with Crippen LogP contribution in [0.25, 0.3) is 0 Å². The molecule has 2 fully saturated rings. The van der Waals surface area contributed by atoms with Crippen molar-refractivity contribution in [3.63, 3.8) is 0 Å². The predicted octanol–water partition coefficient (Wildman–Crippen LogP) is 1.18. The molecule has 2 heterocycles. The van der Waals surface area contributed by atoms with E-state index in [4.69, 9.17) is 0 Å². The molecule has 74 valence electrons. The molecule has 1 unspecified atom stereocenters. The van der Waals surface area contributed by atoms with E-state index in [2.05, 4.69) is 47.2 Å². The molecule has 2 aliphatic heterocycles. The number of nitrogens with zero attached hydrogens (tertiary/aromatic N) is 2. The van der Waals surface area contributed by atoms with Crippen LogP contribution in [0.2, 0.25) is 0 Å². The standard InChI is InChI=1S/C12H16N2/c1-13-11-8-14(9-12(11)13)7-10-5-3-2-4-6-10/h2-6,11-12H,7-9H2,1H3/t11-,12+,13?. The zero-order valence-corrected chi connectivity index (χ0v) is 8.56. The van der Waals surface area contributed by atoms with Crippen molar-refractivity contribution in [2.45, 2.75) is 18.6 Å². The lowest BCUT2D eigenvalue weighted by Crippen LogP contribution is -2.27. The molecule has 0 aliphatic carbocycles. The summed E-state index contributed by atoms with van der Waals surface area (Å²) in [7, 11) is 2.23. The summed E-state index contributed by atoms with van der Waals surface area (Å²) in [4.78, 5) is 5.03. The van der Waals surface area contributed by atoms with E-state index >= 15 is 0 Å². The second kappa shape index (κ2) is 3.07. The van der Waals surface area contributed by atoms with E-state index in [-0.39, 0.29) is 0 Å². The Morgan fingerprint density at radius 1 is 1.14 bits per heavy atom. The molecular weight excluding hydrogens is 172 g/mol. The third-order valence-corrected chi connectivity index (χ3v) is 3.54. The van der Waals surface area contributed by atoms with Crippen molar-refractivity contribution in [1.82, 2.24) is 9.80 Å². The Bertz CT molecular complexity index is 310. The SMILES string of the molecule is CN1[C@@H]2CN(Cc3ccccc3)C[C@@H]21. The van der Waals surface area contributed by atoms with Gasteiger partial charge < -0.3 is 0 Å². The van der Waals surface area contributed by atoms with Crippen LogP contribution < -0.4 is 0 Å². The van der Waals surface area contributed by atoms with Gasteiger partial charge in [-0.2, -0.15) is 0 Å². The Balaban J connectivity index is 1.60. The zero-order valence-electron chi connectivity index (χ0n) is 8.56. The van der Waals surface area contributed by atoms with Crippen LogP contribution in [0.1, 0.15) is 5.56 Å². The van der Waals surface area contributed by atoms with E-state index in [0.717, 1.165) is 18.6 Å². The van der Waals surface area contributed by atoms with Crippen molar-refractivity contribution in [3.8, 4) is 0 Å². The molecular formula is C12H16N2. The molecule has 0 saturated carbocycles. The van der Waals surface area contributed by atoms with Gasteiger partial charge in [0.1, 0.15) is 0 Å². The first-order valence-corrected chi connectivity index (χ1v) is 5.33. The molecule has 0 spiro atoms. The monoisotopic (exact) mass is 188 g/mol. The highest BCUT2D eigenvalue weighted by Crippen LogP contribution is 2.33. The molecule has 3 rings (SSSR count). The van der Waals surface area contributed by atoms with Gasteiger partial charge in [-0.1, -0.05) is 30.3 Å². The minimum absolute atomic E-state index is 0.860. The highest BCUT2D eigenvalue weighted by Gasteiger charge is 2.50. The number of hydrogen-bond donors (Lipinski definition) is 0. The van der Waals surface area contributed by atoms with Crippen LogP contribution in [-0.2, 0) is 6.54 Å². The van der Waals surface area contributed by atoms with E-state index in [1.807, 2.05) is 0 Å². The maximum Gasteiger partial charge on any atom is 0.0392 e. The smallest absolute Gasteiger partial charge is 0.0392 e. The van der Waals surface area contributed by atoms with Crippen molar-refractivity contribution in [3.05, 3.63) is 35.9 Å². The van der Waals surface area contributed by atoms with E-state index in [9.17, 15) is 0 Å². The molecule has 14 heavy (non-hydrogen) atoms. The largest absolute Gasteiger partial charge is 0.296 e. The van der Waals surface area contributed by atoms with Crippen molar-refractivity contribution < 1.29 is 0 Å². The fourth-order valence-corrected chi connectivity index (χ4v) is 2.55. The molecule has 0 bridgehead atoms. The molecule has 0 N–H and O–H groups in total. The Morgan fingerprint density at radius 2 is 1.79 bits per heavy atom. The van der Waals surface area contributed by atoms with Gasteiger partial charge in [-0.05, 0) is 12.6 Å². The fraction of sp³-hybridized carbons (Fsp3) is 0.500. The minimum Gasteiger partial charge on any atom is -0.296 e. The van der Waals surface area contributed by atoms with Gasteiger partial charge in [-0.15, -0.1) is 0 Å². The van der Waals surface area contributed by atoms with Crippen LogP contribution in [-0.4, -0.2) is 42.0 Å². The summed E-state index contributed by atoms with van der Waals surface area (Å²) in [5.74, 6) is 0. The molecule has 2 aliphatic rings. The van der Waals surface area contributed by atoms with E-state index in [1.165, 1.54) is 18.7 Å². The summed E-state index contributed by atoms with van der Waals surface area (Å²) >= 11 is 0. The van der Waals surface area contributed by atoms with Gasteiger partial charge in [-0.3, -0.25) is 9.80 Å². The Kier molecular flexibility index (Phi) is 1.85. The van der Waals surface area contributed by atoms with E-state index in [0.29, 0.717) is 0 Å². The van der Waals surface area contributed by atoms with Crippen molar-refractivity contribution in [2.75, 3.05) is 20.1 Å². The highest BCUT2D eigenvalue weighted by molar-refractivity contribution is 5.16. The molecule has 1 aromatic carbocycles. The third-order valence-electron chi connectivity index (χ3n) is 3.54. The lowest BCUT2D eigenvalue weighted by atomic mass is 10.2. The molecule has 0 aromatic heterocycles. The Labute approximate surface area is 85.1 Å². The molecule has 2 saturated heterocycles. The summed E-state index contributed by atoms with van der Waals surface area (Å²) in [6, 6.07) is 12.5. The number of hydrogen-bond acceptors (Lipinski definition) is 2. The topological polar surface area (TPSA) is 6.25 Å². The molecule has 0 amide bonds. The minimum atomic E-state index is 0.860. The first-order valence-electron chi connectivity index (χ1n) is 5.33. The summed E-state index contributed by atoms with van der Waals surface area (Å²) in [5.41, 5.74) is 1.44. The molecule has 2 nitrogen and oxygen atoms in total. The molecule has 1 aromatic rings. The zero-order chi connectivity index (χ0) is 9.54. The Morgan fingerprint density at radius 3 is 2.43 bits per heavy atom. The summed E-state index contributed by atoms with van der Waals surface area (Å²) in [5, 5.41) is 0. The van der Waals surface area contributed by atoms with Gasteiger partial charge in [0.25, 0.3) is 0 Å². The predicted molar refractivity (Wildman–Crippen MR) is 57.1 cm³/mol. The number of piperazine rings is 1. The van der Waals surface area contributed by atoms with Crippen molar-refractivity contribution in [1.29, 1.82) is 0 Å². The molecule has 3 atom stereocenters. The van der Waals surface area contributed by atoms with Gasteiger partial charge in [0.05, 0.1) is 0 Å². The highest BCUT2D eigenvalue weighted by atomic mass is 15.4. The van der Waals surface area contributed by atoms with Crippen LogP contribution in [0.3, 0.4) is 0 Å². The number of likely N-dealkylation sites (N-methyl/N-ethyl adjacent to an activating group) is 1. The fourth-order valence-electron chi connectivity index (χ4n) is 2.55. The normalized spacial score (nSPS) is 35.6. The number of rotatable bonds is 2. The molecule has 0 radical (unpaired) electrons. The van der Waals surface area contributed by atoms with Crippen LogP contribution in [0.15, 0.2) is 30.3 Å². The lowest BCUT2D eigenvalue weighted by Gasteiger charge is -2.18. The first-order chi connectivity index (χ1) is 6.84. The lowest BCUT2D eigenvalue weighted by molar-refractivity contribution is 0.264. The third kappa shape index (κ3) is 1.35. The van der Waals surface area contributed by atoms with Crippen molar-refractivity contribution >= 4 is 0 Å². The number of likely N-dealkylation sites (tertiary alicyclic amines) is 1. The first kappa shape index (κ1) is 8.45. The van der Waals surface area contributed by atoms with Gasteiger partial charge in [0.2, 0.25) is 0 Å². The summed E-state index contributed by atoms with van der Waals surface area (Å²) in [6.45, 7) is 3.65. The van der Waals surface area contributed by atoms with Crippen LogP contribution in [0.5, 0.6) is 0 Å². The summed E-state index contributed by atoms with van der Waals surface area (Å²) in [6.07, 6.45) is 0. The maximum absolute atomic E-state index is 2.56. The number of fused-ring (bicyclic) bond motifs is 1. The van der Waals surface area contributed by atoms with Crippen LogP contribution >= 0.6 is 0 Å². The van der Waals surface area contributed by atoms with Gasteiger partial charge in [-0.25, -0.2) is 0 Å². The van der Waals surface area contributed by atoms with Gasteiger partial charge in [0, 0.05) is 31.7 Å². The second-order valence-electron chi connectivity index (χ2n) is 4.48. The van der Waals surface area contributed by atoms with Crippen molar-refractivity contribution in [2.24, 2.45) is 0 Å². The maximum atomic E-state index is 2.56. The van der Waals surface area contributed by atoms with Crippen LogP contribution in [0.4, 0.5) is 0 Å².